The quantitative estimate of drug-likeness (QED) is 0.717. The predicted molar refractivity (Wildman–Crippen MR) is 114 cm³/mol. The number of β-amino-alcohol motifs (C(OH)–C–C–N with tert-alkyl or cyclic N) is 1. The Bertz CT molecular complexity index is 1020. The van der Waals surface area contributed by atoms with Crippen LogP contribution in [0.1, 0.15) is 23.1 Å². The lowest BCUT2D eigenvalue weighted by molar-refractivity contribution is 0.0734. The zero-order valence-corrected chi connectivity index (χ0v) is 17.2. The smallest absolute Gasteiger partial charge is 0.243 e. The summed E-state index contributed by atoms with van der Waals surface area (Å²) in [5.41, 5.74) is 2.41. The molecule has 0 bridgehead atoms. The van der Waals surface area contributed by atoms with Gasteiger partial charge in [0.25, 0.3) is 0 Å². The molecule has 0 saturated carbocycles. The lowest BCUT2D eigenvalue weighted by Crippen LogP contribution is -2.54. The van der Waals surface area contributed by atoms with Crippen LogP contribution < -0.4 is 0 Å². The van der Waals surface area contributed by atoms with Gasteiger partial charge in [0.15, 0.2) is 0 Å². The third-order valence-corrected chi connectivity index (χ3v) is 7.58. The Hall–Kier alpha value is -2.47. The Morgan fingerprint density at radius 2 is 1.38 bits per heavy atom. The molecule has 0 aliphatic carbocycles. The first-order chi connectivity index (χ1) is 13.9. The molecule has 0 radical (unpaired) electrons. The largest absolute Gasteiger partial charge is 0.392 e. The number of nitrogens with zero attached hydrogens (tertiary/aromatic N) is 1. The van der Waals surface area contributed by atoms with Crippen molar-refractivity contribution in [3.05, 3.63) is 102 Å². The molecule has 1 unspecified atom stereocenters. The minimum Gasteiger partial charge on any atom is -0.392 e. The maximum atomic E-state index is 13.4. The van der Waals surface area contributed by atoms with Gasteiger partial charge in [-0.3, -0.25) is 0 Å². The molecule has 1 aliphatic heterocycles. The van der Waals surface area contributed by atoms with Crippen LogP contribution in [0.3, 0.4) is 0 Å². The number of benzene rings is 3. The van der Waals surface area contributed by atoms with E-state index in [9.17, 15) is 13.5 Å². The van der Waals surface area contributed by atoms with E-state index in [4.69, 9.17) is 0 Å². The molecule has 29 heavy (non-hydrogen) atoms. The van der Waals surface area contributed by atoms with Gasteiger partial charge < -0.3 is 5.11 Å². The average molecular weight is 408 g/mol. The molecule has 1 fully saturated rings. The summed E-state index contributed by atoms with van der Waals surface area (Å²) in [5.74, 6) is 0. The van der Waals surface area contributed by atoms with E-state index in [1.54, 1.807) is 24.3 Å². The Labute approximate surface area is 172 Å². The van der Waals surface area contributed by atoms with Crippen LogP contribution in [0.25, 0.3) is 0 Å². The van der Waals surface area contributed by atoms with Crippen molar-refractivity contribution in [2.24, 2.45) is 0 Å². The molecule has 3 aromatic rings. The summed E-state index contributed by atoms with van der Waals surface area (Å²) in [4.78, 5) is 0.257. The van der Waals surface area contributed by atoms with Crippen molar-refractivity contribution in [3.63, 3.8) is 0 Å². The summed E-state index contributed by atoms with van der Waals surface area (Å²) in [6.45, 7) is 2.31. The molecular weight excluding hydrogens is 382 g/mol. The Balaban J connectivity index is 1.82. The highest BCUT2D eigenvalue weighted by Crippen LogP contribution is 2.41. The van der Waals surface area contributed by atoms with Crippen LogP contribution in [0.4, 0.5) is 0 Å². The third-order valence-electron chi connectivity index (χ3n) is 5.76. The fourth-order valence-electron chi connectivity index (χ4n) is 4.27. The average Bonchev–Trinajstić information content (AvgIpc) is 2.75. The lowest BCUT2D eigenvalue weighted by atomic mass is 9.69. The second kappa shape index (κ2) is 7.75. The molecule has 150 valence electrons. The van der Waals surface area contributed by atoms with E-state index in [0.29, 0.717) is 6.42 Å². The molecule has 1 saturated heterocycles. The fourth-order valence-corrected chi connectivity index (χ4v) is 5.81. The second-order valence-corrected chi connectivity index (χ2v) is 9.72. The molecule has 1 aliphatic rings. The molecule has 3 aromatic carbocycles. The summed E-state index contributed by atoms with van der Waals surface area (Å²) >= 11 is 0. The zero-order valence-electron chi connectivity index (χ0n) is 16.4. The first kappa shape index (κ1) is 19.8. The molecule has 0 amide bonds. The van der Waals surface area contributed by atoms with Gasteiger partial charge in [-0.2, -0.15) is 4.31 Å². The number of rotatable bonds is 4. The van der Waals surface area contributed by atoms with Gasteiger partial charge in [-0.1, -0.05) is 78.4 Å². The maximum absolute atomic E-state index is 13.4. The van der Waals surface area contributed by atoms with Gasteiger partial charge in [-0.25, -0.2) is 8.42 Å². The molecule has 0 aromatic heterocycles. The number of piperidine rings is 1. The van der Waals surface area contributed by atoms with Gasteiger partial charge in [-0.15, -0.1) is 0 Å². The molecule has 1 N–H and O–H groups in total. The first-order valence-electron chi connectivity index (χ1n) is 9.78. The van der Waals surface area contributed by atoms with Crippen LogP contribution in [0, 0.1) is 6.92 Å². The molecule has 0 spiro atoms. The van der Waals surface area contributed by atoms with Gasteiger partial charge in [0, 0.05) is 18.5 Å². The number of sulfonamides is 1. The fraction of sp³-hybridized carbons (Fsp3) is 0.250. The highest BCUT2D eigenvalue weighted by atomic mass is 32.2. The Kier molecular flexibility index (Phi) is 5.30. The van der Waals surface area contributed by atoms with Crippen molar-refractivity contribution < 1.29 is 13.5 Å². The topological polar surface area (TPSA) is 57.6 Å². The van der Waals surface area contributed by atoms with E-state index in [1.165, 1.54) is 4.31 Å². The van der Waals surface area contributed by atoms with E-state index in [-0.39, 0.29) is 18.0 Å². The first-order valence-corrected chi connectivity index (χ1v) is 11.2. The van der Waals surface area contributed by atoms with E-state index in [0.717, 1.165) is 16.7 Å². The van der Waals surface area contributed by atoms with Crippen LogP contribution in [0.15, 0.2) is 89.8 Å². The third kappa shape index (κ3) is 3.73. The normalized spacial score (nSPS) is 19.7. The van der Waals surface area contributed by atoms with Crippen molar-refractivity contribution in [3.8, 4) is 0 Å². The van der Waals surface area contributed by atoms with Crippen LogP contribution in [0.5, 0.6) is 0 Å². The summed E-state index contributed by atoms with van der Waals surface area (Å²) in [5, 5.41) is 10.8. The summed E-state index contributed by atoms with van der Waals surface area (Å²) < 4.78 is 28.3. The minimum absolute atomic E-state index is 0.0949. The molecule has 5 heteroatoms. The van der Waals surface area contributed by atoms with E-state index in [2.05, 4.69) is 0 Å². The van der Waals surface area contributed by atoms with Gasteiger partial charge in [-0.05, 0) is 36.6 Å². The molecular formula is C24H25NO3S. The number of aliphatic hydroxyl groups is 1. The number of aliphatic hydroxyl groups excluding tert-OH is 1. The van der Waals surface area contributed by atoms with Gasteiger partial charge in [0.2, 0.25) is 10.0 Å². The van der Waals surface area contributed by atoms with Gasteiger partial charge >= 0.3 is 0 Å². The monoisotopic (exact) mass is 407 g/mol. The van der Waals surface area contributed by atoms with E-state index < -0.39 is 21.5 Å². The van der Waals surface area contributed by atoms with Crippen molar-refractivity contribution in [2.45, 2.75) is 29.8 Å². The predicted octanol–water partition coefficient (Wildman–Crippen LogP) is 3.74. The second-order valence-electron chi connectivity index (χ2n) is 7.78. The van der Waals surface area contributed by atoms with Gasteiger partial charge in [0.1, 0.15) is 0 Å². The summed E-state index contributed by atoms with van der Waals surface area (Å²) in [6.07, 6.45) is -0.287. The van der Waals surface area contributed by atoms with Crippen molar-refractivity contribution in [1.29, 1.82) is 0 Å². The van der Waals surface area contributed by atoms with Crippen LogP contribution in [0.2, 0.25) is 0 Å². The number of hydrogen-bond donors (Lipinski definition) is 1. The highest BCUT2D eigenvalue weighted by molar-refractivity contribution is 7.89. The van der Waals surface area contributed by atoms with E-state index >= 15 is 0 Å². The van der Waals surface area contributed by atoms with Crippen LogP contribution >= 0.6 is 0 Å². The van der Waals surface area contributed by atoms with Crippen molar-refractivity contribution >= 4 is 10.0 Å². The van der Waals surface area contributed by atoms with Crippen LogP contribution in [-0.2, 0) is 15.4 Å². The minimum atomic E-state index is -3.73. The summed E-state index contributed by atoms with van der Waals surface area (Å²) in [6, 6.07) is 26.7. The van der Waals surface area contributed by atoms with Crippen molar-refractivity contribution in [1.82, 2.24) is 4.31 Å². The van der Waals surface area contributed by atoms with Crippen molar-refractivity contribution in [2.75, 3.05) is 13.1 Å². The lowest BCUT2D eigenvalue weighted by Gasteiger charge is -2.45. The Morgan fingerprint density at radius 3 is 1.90 bits per heavy atom. The zero-order chi connectivity index (χ0) is 20.5. The standard InChI is InChI=1S/C24H25NO3S/c1-19-12-14-23(15-13-19)29(27,28)25-17-22(26)16-24(18-25,20-8-4-2-5-9-20)21-10-6-3-7-11-21/h2-15,22,26H,16-18H2,1H3. The molecule has 4 nitrogen and oxygen atoms in total. The maximum Gasteiger partial charge on any atom is 0.243 e. The molecule has 1 atom stereocenters. The van der Waals surface area contributed by atoms with Gasteiger partial charge in [0.05, 0.1) is 11.0 Å². The highest BCUT2D eigenvalue weighted by Gasteiger charge is 2.45. The molecule has 1 heterocycles. The van der Waals surface area contributed by atoms with Crippen LogP contribution in [-0.4, -0.2) is 37.0 Å². The molecule has 4 rings (SSSR count). The Morgan fingerprint density at radius 1 is 0.862 bits per heavy atom. The summed E-state index contributed by atoms with van der Waals surface area (Å²) in [7, 11) is -3.73. The van der Waals surface area contributed by atoms with E-state index in [1.807, 2.05) is 67.6 Å². The number of aryl methyl sites for hydroxylation is 1. The number of hydrogen-bond acceptors (Lipinski definition) is 3. The SMILES string of the molecule is Cc1ccc(S(=O)(=O)N2CC(O)CC(c3ccccc3)(c3ccccc3)C2)cc1.